The maximum Gasteiger partial charge on any atom is 0.129 e. The van der Waals surface area contributed by atoms with Crippen LogP contribution < -0.4 is 4.74 Å². The summed E-state index contributed by atoms with van der Waals surface area (Å²) in [6.45, 7) is 0.0944. The molecule has 4 heteroatoms. The zero-order valence-corrected chi connectivity index (χ0v) is 9.62. The average Bonchev–Trinajstić information content (AvgIpc) is 2.32. The molecule has 17 heavy (non-hydrogen) atoms. The van der Waals surface area contributed by atoms with Crippen molar-refractivity contribution in [3.63, 3.8) is 0 Å². The lowest BCUT2D eigenvalue weighted by atomic mass is 10.2. The molecule has 88 valence electrons. The van der Waals surface area contributed by atoms with Gasteiger partial charge in [0.1, 0.15) is 23.9 Å². The fourth-order valence-corrected chi connectivity index (χ4v) is 1.55. The molecule has 2 nitrogen and oxygen atoms in total. The second kappa shape index (κ2) is 5.06. The molecule has 0 unspecified atom stereocenters. The maximum absolute atomic E-state index is 13.4. The summed E-state index contributed by atoms with van der Waals surface area (Å²) >= 11 is 5.76. The second-order valence-electron chi connectivity index (χ2n) is 3.52. The van der Waals surface area contributed by atoms with Gasteiger partial charge >= 0.3 is 0 Å². The van der Waals surface area contributed by atoms with Gasteiger partial charge in [-0.25, -0.2) is 4.39 Å². The molecule has 0 aliphatic carbocycles. The summed E-state index contributed by atoms with van der Waals surface area (Å²) in [6.07, 6.45) is 0. The van der Waals surface area contributed by atoms with Gasteiger partial charge in [0, 0.05) is 10.6 Å². The molecular formula is C13H10ClFO2. The van der Waals surface area contributed by atoms with Crippen LogP contribution in [0.4, 0.5) is 4.39 Å². The van der Waals surface area contributed by atoms with E-state index in [0.717, 1.165) is 0 Å². The van der Waals surface area contributed by atoms with Crippen molar-refractivity contribution < 1.29 is 14.2 Å². The van der Waals surface area contributed by atoms with Crippen LogP contribution in [0.2, 0.25) is 5.02 Å². The predicted octanol–water partition coefficient (Wildman–Crippen LogP) is 3.76. The Kier molecular flexibility index (Phi) is 3.49. The molecule has 0 heterocycles. The van der Waals surface area contributed by atoms with E-state index >= 15 is 0 Å². The molecule has 0 aliphatic rings. The SMILES string of the molecule is Oc1ccc(OCc2cc(Cl)ccc2F)cc1. The van der Waals surface area contributed by atoms with Crippen LogP contribution >= 0.6 is 11.6 Å². The van der Waals surface area contributed by atoms with Crippen molar-refractivity contribution in [2.75, 3.05) is 0 Å². The molecule has 0 radical (unpaired) electrons. The van der Waals surface area contributed by atoms with Crippen molar-refractivity contribution in [3.05, 3.63) is 58.9 Å². The van der Waals surface area contributed by atoms with E-state index in [1.165, 1.54) is 30.3 Å². The molecule has 0 fully saturated rings. The van der Waals surface area contributed by atoms with Crippen molar-refractivity contribution in [1.29, 1.82) is 0 Å². The molecule has 2 aromatic carbocycles. The molecule has 0 bridgehead atoms. The number of hydrogen-bond donors (Lipinski definition) is 1. The van der Waals surface area contributed by atoms with Gasteiger partial charge in [0.25, 0.3) is 0 Å². The first-order valence-electron chi connectivity index (χ1n) is 5.01. The lowest BCUT2D eigenvalue weighted by Gasteiger charge is -2.07. The number of benzene rings is 2. The summed E-state index contributed by atoms with van der Waals surface area (Å²) in [7, 11) is 0. The Hall–Kier alpha value is -1.74. The third-order valence-corrected chi connectivity index (χ3v) is 2.47. The average molecular weight is 253 g/mol. The molecule has 0 atom stereocenters. The molecule has 0 aromatic heterocycles. The Morgan fingerprint density at radius 3 is 2.53 bits per heavy atom. The van der Waals surface area contributed by atoms with E-state index < -0.39 is 0 Å². The maximum atomic E-state index is 13.4. The van der Waals surface area contributed by atoms with Crippen LogP contribution in [0.1, 0.15) is 5.56 Å². The number of aromatic hydroxyl groups is 1. The second-order valence-corrected chi connectivity index (χ2v) is 3.95. The van der Waals surface area contributed by atoms with Crippen LogP contribution in [0.25, 0.3) is 0 Å². The Morgan fingerprint density at radius 1 is 1.12 bits per heavy atom. The van der Waals surface area contributed by atoms with E-state index in [9.17, 15) is 4.39 Å². The van der Waals surface area contributed by atoms with Gasteiger partial charge in [-0.2, -0.15) is 0 Å². The lowest BCUT2D eigenvalue weighted by Crippen LogP contribution is -1.98. The van der Waals surface area contributed by atoms with Gasteiger partial charge in [-0.1, -0.05) is 11.6 Å². The zero-order chi connectivity index (χ0) is 12.3. The van der Waals surface area contributed by atoms with Gasteiger partial charge in [0.15, 0.2) is 0 Å². The number of phenolic OH excluding ortho intramolecular Hbond substituents is 1. The minimum Gasteiger partial charge on any atom is -0.508 e. The van der Waals surface area contributed by atoms with Crippen LogP contribution in [-0.2, 0) is 6.61 Å². The van der Waals surface area contributed by atoms with Crippen molar-refractivity contribution in [1.82, 2.24) is 0 Å². The molecule has 2 aromatic rings. The first-order valence-corrected chi connectivity index (χ1v) is 5.39. The van der Waals surface area contributed by atoms with Gasteiger partial charge in [-0.3, -0.25) is 0 Å². The van der Waals surface area contributed by atoms with Gasteiger partial charge in [-0.15, -0.1) is 0 Å². The van der Waals surface area contributed by atoms with E-state index in [4.69, 9.17) is 21.4 Å². The fourth-order valence-electron chi connectivity index (χ4n) is 1.36. The molecule has 0 spiro atoms. The summed E-state index contributed by atoms with van der Waals surface area (Å²) in [5.74, 6) is 0.363. The first-order chi connectivity index (χ1) is 8.15. The Labute approximate surface area is 103 Å². The molecule has 0 saturated carbocycles. The highest BCUT2D eigenvalue weighted by Gasteiger charge is 2.04. The Balaban J connectivity index is 2.07. The van der Waals surface area contributed by atoms with E-state index in [1.54, 1.807) is 12.1 Å². The summed E-state index contributed by atoms with van der Waals surface area (Å²) in [5, 5.41) is 9.56. The molecular weight excluding hydrogens is 243 g/mol. The molecule has 0 saturated heterocycles. The molecule has 0 aliphatic heterocycles. The monoisotopic (exact) mass is 252 g/mol. The van der Waals surface area contributed by atoms with E-state index in [1.807, 2.05) is 0 Å². The van der Waals surface area contributed by atoms with Gasteiger partial charge in [-0.05, 0) is 42.5 Å². The van der Waals surface area contributed by atoms with Gasteiger partial charge in [0.2, 0.25) is 0 Å². The summed E-state index contributed by atoms with van der Waals surface area (Å²) < 4.78 is 18.7. The largest absolute Gasteiger partial charge is 0.508 e. The highest BCUT2D eigenvalue weighted by atomic mass is 35.5. The summed E-state index contributed by atoms with van der Waals surface area (Å²) in [4.78, 5) is 0. The van der Waals surface area contributed by atoms with E-state index in [2.05, 4.69) is 0 Å². The van der Waals surface area contributed by atoms with Gasteiger partial charge in [0.05, 0.1) is 0 Å². The fraction of sp³-hybridized carbons (Fsp3) is 0.0769. The smallest absolute Gasteiger partial charge is 0.129 e. The number of halogens is 2. The topological polar surface area (TPSA) is 29.5 Å². The van der Waals surface area contributed by atoms with Gasteiger partial charge < -0.3 is 9.84 Å². The number of phenols is 1. The molecule has 2 rings (SSSR count). The van der Waals surface area contributed by atoms with Crippen molar-refractivity contribution in [2.45, 2.75) is 6.61 Å². The van der Waals surface area contributed by atoms with Crippen LogP contribution in [0, 0.1) is 5.82 Å². The van der Waals surface area contributed by atoms with Crippen LogP contribution in [0.15, 0.2) is 42.5 Å². The third kappa shape index (κ3) is 3.11. The van der Waals surface area contributed by atoms with Crippen molar-refractivity contribution in [2.24, 2.45) is 0 Å². The summed E-state index contributed by atoms with van der Waals surface area (Å²) in [5.41, 5.74) is 0.394. The predicted molar refractivity (Wildman–Crippen MR) is 63.8 cm³/mol. The first kappa shape index (κ1) is 11.7. The van der Waals surface area contributed by atoms with Crippen molar-refractivity contribution >= 4 is 11.6 Å². The Morgan fingerprint density at radius 2 is 1.82 bits per heavy atom. The Bertz CT molecular complexity index is 511. The quantitative estimate of drug-likeness (QED) is 0.901. The van der Waals surface area contributed by atoms with Crippen LogP contribution in [0.3, 0.4) is 0 Å². The van der Waals surface area contributed by atoms with Crippen molar-refractivity contribution in [3.8, 4) is 11.5 Å². The molecule has 0 amide bonds. The lowest BCUT2D eigenvalue weighted by molar-refractivity contribution is 0.299. The minimum atomic E-state index is -0.354. The number of hydrogen-bond acceptors (Lipinski definition) is 2. The molecule has 1 N–H and O–H groups in total. The zero-order valence-electron chi connectivity index (χ0n) is 8.86. The van der Waals surface area contributed by atoms with Crippen LogP contribution in [-0.4, -0.2) is 5.11 Å². The highest BCUT2D eigenvalue weighted by molar-refractivity contribution is 6.30. The number of ether oxygens (including phenoxy) is 1. The highest BCUT2D eigenvalue weighted by Crippen LogP contribution is 2.19. The number of rotatable bonds is 3. The normalized spacial score (nSPS) is 10.2. The third-order valence-electron chi connectivity index (χ3n) is 2.24. The van der Waals surface area contributed by atoms with E-state index in [0.29, 0.717) is 16.3 Å². The van der Waals surface area contributed by atoms with Crippen LogP contribution in [0.5, 0.6) is 11.5 Å². The minimum absolute atomic E-state index is 0.0944. The summed E-state index contributed by atoms with van der Waals surface area (Å²) in [6, 6.07) is 10.5. The van der Waals surface area contributed by atoms with E-state index in [-0.39, 0.29) is 18.2 Å². The standard InChI is InChI=1S/C13H10ClFO2/c14-10-1-6-13(15)9(7-10)8-17-12-4-2-11(16)3-5-12/h1-7,16H,8H2.